The molecule has 2 heterocycles. The topological polar surface area (TPSA) is 75.7 Å². The molecule has 2 aliphatic heterocycles. The standard InChI is InChI=1S/C14H24N2O4S/c1-14(2,3)20-13(17)16-7-9-4-5-12-10(11(9)8-16)6-15-21(12,18)19/h9-12,15H,4-8H2,1-3H3. The highest BCUT2D eigenvalue weighted by atomic mass is 32.2. The lowest BCUT2D eigenvalue weighted by Gasteiger charge is -2.33. The molecule has 120 valence electrons. The Labute approximate surface area is 126 Å². The zero-order valence-electron chi connectivity index (χ0n) is 12.8. The van der Waals surface area contributed by atoms with E-state index in [1.54, 1.807) is 4.90 Å². The van der Waals surface area contributed by atoms with E-state index in [1.807, 2.05) is 20.8 Å². The minimum absolute atomic E-state index is 0.140. The third kappa shape index (κ3) is 2.77. The van der Waals surface area contributed by atoms with Gasteiger partial charge < -0.3 is 9.64 Å². The molecule has 21 heavy (non-hydrogen) atoms. The number of nitrogens with zero attached hydrogens (tertiary/aromatic N) is 1. The van der Waals surface area contributed by atoms with E-state index in [0.717, 1.165) is 6.42 Å². The van der Waals surface area contributed by atoms with E-state index >= 15 is 0 Å². The lowest BCUT2D eigenvalue weighted by atomic mass is 9.74. The van der Waals surface area contributed by atoms with Gasteiger partial charge in [-0.15, -0.1) is 0 Å². The first-order valence-electron chi connectivity index (χ1n) is 7.64. The quantitative estimate of drug-likeness (QED) is 0.728. The van der Waals surface area contributed by atoms with E-state index in [9.17, 15) is 13.2 Å². The van der Waals surface area contributed by atoms with Crippen molar-refractivity contribution in [3.8, 4) is 0 Å². The Hall–Kier alpha value is -0.820. The maximum atomic E-state index is 12.2. The number of hydrogen-bond donors (Lipinski definition) is 1. The van der Waals surface area contributed by atoms with Crippen LogP contribution in [0.5, 0.6) is 0 Å². The van der Waals surface area contributed by atoms with E-state index in [-0.39, 0.29) is 23.2 Å². The van der Waals surface area contributed by atoms with Crippen LogP contribution in [0.25, 0.3) is 0 Å². The van der Waals surface area contributed by atoms with Gasteiger partial charge in [-0.1, -0.05) is 0 Å². The molecular formula is C14H24N2O4S. The van der Waals surface area contributed by atoms with Crippen LogP contribution in [0.15, 0.2) is 0 Å². The van der Waals surface area contributed by atoms with Gasteiger partial charge in [0.2, 0.25) is 10.0 Å². The fourth-order valence-corrected chi connectivity index (χ4v) is 5.86. The molecule has 3 aliphatic rings. The molecule has 0 aromatic rings. The fraction of sp³-hybridized carbons (Fsp3) is 0.929. The molecule has 3 fully saturated rings. The summed E-state index contributed by atoms with van der Waals surface area (Å²) >= 11 is 0. The summed E-state index contributed by atoms with van der Waals surface area (Å²) in [4.78, 5) is 14.0. The van der Waals surface area contributed by atoms with Crippen molar-refractivity contribution in [1.29, 1.82) is 0 Å². The van der Waals surface area contributed by atoms with Gasteiger partial charge in [0.1, 0.15) is 5.60 Å². The van der Waals surface area contributed by atoms with E-state index < -0.39 is 15.6 Å². The van der Waals surface area contributed by atoms with Gasteiger partial charge in [-0.05, 0) is 51.4 Å². The summed E-state index contributed by atoms with van der Waals surface area (Å²) < 4.78 is 32.0. The molecule has 1 saturated carbocycles. The third-order valence-electron chi connectivity index (χ3n) is 4.91. The van der Waals surface area contributed by atoms with Crippen molar-refractivity contribution in [3.05, 3.63) is 0 Å². The summed E-state index contributed by atoms with van der Waals surface area (Å²) in [5.41, 5.74) is -0.494. The highest BCUT2D eigenvalue weighted by Crippen LogP contribution is 2.44. The number of fused-ring (bicyclic) bond motifs is 3. The zero-order valence-corrected chi connectivity index (χ0v) is 13.6. The highest BCUT2D eigenvalue weighted by Gasteiger charge is 2.52. The van der Waals surface area contributed by atoms with Crippen molar-refractivity contribution in [3.63, 3.8) is 0 Å². The van der Waals surface area contributed by atoms with Crippen LogP contribution in [0.4, 0.5) is 4.79 Å². The SMILES string of the molecule is CC(C)(C)OC(=O)N1CC2CCC3C(CNS3(=O)=O)C2C1. The largest absolute Gasteiger partial charge is 0.444 e. The molecule has 7 heteroatoms. The summed E-state index contributed by atoms with van der Waals surface area (Å²) in [6.45, 7) is 7.42. The monoisotopic (exact) mass is 316 g/mol. The minimum Gasteiger partial charge on any atom is -0.444 e. The maximum Gasteiger partial charge on any atom is 0.410 e. The second-order valence-corrected chi connectivity index (χ2v) is 9.47. The van der Waals surface area contributed by atoms with Gasteiger partial charge >= 0.3 is 6.09 Å². The van der Waals surface area contributed by atoms with E-state index in [1.165, 1.54) is 0 Å². The smallest absolute Gasteiger partial charge is 0.410 e. The first kappa shape index (κ1) is 15.1. The summed E-state index contributed by atoms with van der Waals surface area (Å²) in [5, 5.41) is -0.266. The lowest BCUT2D eigenvalue weighted by Crippen LogP contribution is -2.38. The molecule has 4 atom stereocenters. The van der Waals surface area contributed by atoms with E-state index in [4.69, 9.17) is 4.74 Å². The van der Waals surface area contributed by atoms with Crippen LogP contribution >= 0.6 is 0 Å². The van der Waals surface area contributed by atoms with Crippen molar-refractivity contribution in [2.75, 3.05) is 19.6 Å². The predicted octanol–water partition coefficient (Wildman–Crippen LogP) is 1.18. The molecule has 1 aliphatic carbocycles. The summed E-state index contributed by atoms with van der Waals surface area (Å²) in [6, 6.07) is 0. The molecule has 0 spiro atoms. The average molecular weight is 316 g/mol. The molecule has 0 radical (unpaired) electrons. The number of likely N-dealkylation sites (tertiary alicyclic amines) is 1. The Morgan fingerprint density at radius 2 is 1.90 bits per heavy atom. The zero-order chi connectivity index (χ0) is 15.4. The van der Waals surface area contributed by atoms with Gasteiger partial charge in [-0.3, -0.25) is 0 Å². The van der Waals surface area contributed by atoms with Gasteiger partial charge in [0.25, 0.3) is 0 Å². The molecule has 1 amide bonds. The number of ether oxygens (including phenoxy) is 1. The minimum atomic E-state index is -3.14. The Morgan fingerprint density at radius 3 is 2.57 bits per heavy atom. The number of nitrogens with one attached hydrogen (secondary N) is 1. The predicted molar refractivity (Wildman–Crippen MR) is 78.2 cm³/mol. The number of carbonyl (C=O) groups is 1. The van der Waals surface area contributed by atoms with Crippen molar-refractivity contribution >= 4 is 16.1 Å². The highest BCUT2D eigenvalue weighted by molar-refractivity contribution is 7.90. The molecule has 0 bridgehead atoms. The second-order valence-electron chi connectivity index (χ2n) is 7.48. The molecule has 6 nitrogen and oxygen atoms in total. The maximum absolute atomic E-state index is 12.2. The molecule has 0 aromatic heterocycles. The fourth-order valence-electron chi connectivity index (χ4n) is 4.02. The van der Waals surface area contributed by atoms with Crippen LogP contribution in [0.2, 0.25) is 0 Å². The number of hydrogen-bond acceptors (Lipinski definition) is 4. The van der Waals surface area contributed by atoms with Gasteiger partial charge in [-0.25, -0.2) is 17.9 Å². The molecule has 3 rings (SSSR count). The molecule has 2 saturated heterocycles. The van der Waals surface area contributed by atoms with E-state index in [2.05, 4.69) is 4.72 Å². The Balaban J connectivity index is 1.70. The van der Waals surface area contributed by atoms with Crippen molar-refractivity contribution < 1.29 is 17.9 Å². The number of rotatable bonds is 0. The molecule has 4 unspecified atom stereocenters. The average Bonchev–Trinajstić information content (AvgIpc) is 2.88. The summed E-state index contributed by atoms with van der Waals surface area (Å²) in [5.74, 6) is 0.830. The normalized spacial score (nSPS) is 38.0. The number of amides is 1. The van der Waals surface area contributed by atoms with Crippen molar-refractivity contribution in [2.24, 2.45) is 17.8 Å². The van der Waals surface area contributed by atoms with Gasteiger partial charge in [0.15, 0.2) is 0 Å². The van der Waals surface area contributed by atoms with Crippen molar-refractivity contribution in [2.45, 2.75) is 44.5 Å². The van der Waals surface area contributed by atoms with E-state index in [0.29, 0.717) is 32.0 Å². The Morgan fingerprint density at radius 1 is 1.19 bits per heavy atom. The molecule has 0 aromatic carbocycles. The molecule has 1 N–H and O–H groups in total. The Kier molecular flexibility index (Phi) is 3.48. The van der Waals surface area contributed by atoms with Gasteiger partial charge in [0.05, 0.1) is 5.25 Å². The Bertz CT molecular complexity index is 540. The first-order chi connectivity index (χ1) is 9.67. The van der Waals surface area contributed by atoms with Crippen LogP contribution in [-0.2, 0) is 14.8 Å². The van der Waals surface area contributed by atoms with Gasteiger partial charge in [-0.2, -0.15) is 0 Å². The summed E-state index contributed by atoms with van der Waals surface area (Å²) in [7, 11) is -3.14. The first-order valence-corrected chi connectivity index (χ1v) is 9.18. The van der Waals surface area contributed by atoms with Crippen molar-refractivity contribution in [1.82, 2.24) is 9.62 Å². The molecular weight excluding hydrogens is 292 g/mol. The van der Waals surface area contributed by atoms with Crippen LogP contribution in [0, 0.1) is 17.8 Å². The number of sulfonamides is 1. The van der Waals surface area contributed by atoms with Gasteiger partial charge in [0, 0.05) is 19.6 Å². The number of carbonyl (C=O) groups excluding carboxylic acids is 1. The van der Waals surface area contributed by atoms with Crippen LogP contribution < -0.4 is 4.72 Å². The summed E-state index contributed by atoms with van der Waals surface area (Å²) in [6.07, 6.45) is 1.32. The lowest BCUT2D eigenvalue weighted by molar-refractivity contribution is 0.0282. The van der Waals surface area contributed by atoms with Crippen LogP contribution in [0.3, 0.4) is 0 Å². The van der Waals surface area contributed by atoms with Crippen LogP contribution in [0.1, 0.15) is 33.6 Å². The third-order valence-corrected chi connectivity index (χ3v) is 6.86. The van der Waals surface area contributed by atoms with Crippen LogP contribution in [-0.4, -0.2) is 49.9 Å². The second kappa shape index (κ2) is 4.84.